The maximum Gasteiger partial charge on any atom is 0.255 e. The molecule has 1 aromatic carbocycles. The van der Waals surface area contributed by atoms with Gasteiger partial charge in [-0.05, 0) is 40.5 Å². The van der Waals surface area contributed by atoms with E-state index in [4.69, 9.17) is 5.11 Å². The number of amides is 1. The van der Waals surface area contributed by atoms with Crippen molar-refractivity contribution >= 4 is 37.8 Å². The highest BCUT2D eigenvalue weighted by molar-refractivity contribution is 9.11. The molecule has 1 aromatic rings. The summed E-state index contributed by atoms with van der Waals surface area (Å²) in [7, 11) is 0. The Hall–Kier alpha value is -0.390. The highest BCUT2D eigenvalue weighted by Crippen LogP contribution is 2.23. The number of nitrogens with zero attached hydrogens (tertiary/aromatic N) is 1. The first-order chi connectivity index (χ1) is 8.10. The Kier molecular flexibility index (Phi) is 6.16. The summed E-state index contributed by atoms with van der Waals surface area (Å²) in [5.41, 5.74) is 0.612. The lowest BCUT2D eigenvalue weighted by molar-refractivity contribution is 0.0721. The van der Waals surface area contributed by atoms with Crippen LogP contribution in [0.1, 0.15) is 23.7 Å². The summed E-state index contributed by atoms with van der Waals surface area (Å²) in [6, 6.07) is 5.49. The van der Waals surface area contributed by atoms with Gasteiger partial charge in [0, 0.05) is 22.0 Å². The van der Waals surface area contributed by atoms with Crippen molar-refractivity contribution in [3.05, 3.63) is 32.7 Å². The molecule has 94 valence electrons. The highest BCUT2D eigenvalue weighted by atomic mass is 79.9. The molecule has 0 aromatic heterocycles. The van der Waals surface area contributed by atoms with Crippen molar-refractivity contribution in [2.45, 2.75) is 13.3 Å². The molecular weight excluding hydrogens is 350 g/mol. The number of hydrogen-bond acceptors (Lipinski definition) is 2. The van der Waals surface area contributed by atoms with Crippen LogP contribution in [0, 0.1) is 0 Å². The van der Waals surface area contributed by atoms with Crippen molar-refractivity contribution in [1.29, 1.82) is 0 Å². The summed E-state index contributed by atoms with van der Waals surface area (Å²) >= 11 is 6.72. The molecule has 5 heteroatoms. The van der Waals surface area contributed by atoms with E-state index in [1.165, 1.54) is 0 Å². The van der Waals surface area contributed by atoms with Crippen molar-refractivity contribution in [1.82, 2.24) is 4.90 Å². The molecule has 1 amide bonds. The van der Waals surface area contributed by atoms with Gasteiger partial charge in [-0.2, -0.15) is 0 Å². The molecular formula is C12H15Br2NO2. The van der Waals surface area contributed by atoms with Crippen LogP contribution in [0.2, 0.25) is 0 Å². The number of hydrogen-bond donors (Lipinski definition) is 1. The van der Waals surface area contributed by atoms with Crippen LogP contribution >= 0.6 is 31.9 Å². The van der Waals surface area contributed by atoms with E-state index < -0.39 is 0 Å². The van der Waals surface area contributed by atoms with Crippen molar-refractivity contribution in [3.8, 4) is 0 Å². The number of benzene rings is 1. The summed E-state index contributed by atoms with van der Waals surface area (Å²) in [4.78, 5) is 13.9. The van der Waals surface area contributed by atoms with Gasteiger partial charge in [0.05, 0.1) is 12.2 Å². The minimum atomic E-state index is -0.0610. The van der Waals surface area contributed by atoms with Crippen molar-refractivity contribution in [3.63, 3.8) is 0 Å². The van der Waals surface area contributed by atoms with E-state index in [2.05, 4.69) is 31.9 Å². The Labute approximate surface area is 118 Å². The zero-order chi connectivity index (χ0) is 12.8. The van der Waals surface area contributed by atoms with Gasteiger partial charge in [-0.3, -0.25) is 4.79 Å². The lowest BCUT2D eigenvalue weighted by Gasteiger charge is -2.21. The van der Waals surface area contributed by atoms with E-state index in [1.807, 2.05) is 19.1 Å². The van der Waals surface area contributed by atoms with E-state index in [9.17, 15) is 4.79 Å². The third-order valence-corrected chi connectivity index (χ3v) is 3.49. The van der Waals surface area contributed by atoms with Gasteiger partial charge in [-0.1, -0.05) is 22.9 Å². The fourth-order valence-electron chi connectivity index (χ4n) is 1.54. The van der Waals surface area contributed by atoms with Gasteiger partial charge >= 0.3 is 0 Å². The topological polar surface area (TPSA) is 40.5 Å². The molecule has 0 spiro atoms. The molecule has 0 unspecified atom stereocenters. The standard InChI is InChI=1S/C12H15Br2NO2/c1-2-5-15(6-7-16)12(17)10-8-9(13)3-4-11(10)14/h3-4,8,16H,2,5-7H2,1H3. The summed E-state index contributed by atoms with van der Waals surface area (Å²) in [6.45, 7) is 3.01. The second-order valence-electron chi connectivity index (χ2n) is 3.64. The second-order valence-corrected chi connectivity index (χ2v) is 5.41. The van der Waals surface area contributed by atoms with Gasteiger partial charge in [-0.25, -0.2) is 0 Å². The minimum Gasteiger partial charge on any atom is -0.395 e. The molecule has 0 radical (unpaired) electrons. The van der Waals surface area contributed by atoms with Crippen molar-refractivity contribution in [2.24, 2.45) is 0 Å². The zero-order valence-electron chi connectivity index (χ0n) is 9.62. The number of rotatable bonds is 5. The fraction of sp³-hybridized carbons (Fsp3) is 0.417. The van der Waals surface area contributed by atoms with Crippen molar-refractivity contribution < 1.29 is 9.90 Å². The Morgan fingerprint density at radius 3 is 2.65 bits per heavy atom. The molecule has 0 aliphatic carbocycles. The number of aliphatic hydroxyl groups is 1. The molecule has 0 aliphatic heterocycles. The molecule has 0 saturated heterocycles. The fourth-order valence-corrected chi connectivity index (χ4v) is 2.31. The molecule has 1 N–H and O–H groups in total. The maximum absolute atomic E-state index is 12.3. The molecule has 0 bridgehead atoms. The van der Waals surface area contributed by atoms with Gasteiger partial charge in [0.1, 0.15) is 0 Å². The number of halogens is 2. The van der Waals surface area contributed by atoms with Crippen molar-refractivity contribution in [2.75, 3.05) is 19.7 Å². The minimum absolute atomic E-state index is 0.0165. The van der Waals surface area contributed by atoms with Gasteiger partial charge in [0.2, 0.25) is 0 Å². The van der Waals surface area contributed by atoms with Crippen LogP contribution < -0.4 is 0 Å². The van der Waals surface area contributed by atoms with Gasteiger partial charge in [0.15, 0.2) is 0 Å². The normalized spacial score (nSPS) is 10.4. The first-order valence-corrected chi connectivity index (χ1v) is 7.04. The summed E-state index contributed by atoms with van der Waals surface area (Å²) < 4.78 is 1.63. The third kappa shape index (κ3) is 4.08. The van der Waals surface area contributed by atoms with E-state index in [-0.39, 0.29) is 12.5 Å². The van der Waals surface area contributed by atoms with Crippen LogP contribution in [0.3, 0.4) is 0 Å². The summed E-state index contributed by atoms with van der Waals surface area (Å²) in [5.74, 6) is -0.0610. The third-order valence-electron chi connectivity index (χ3n) is 2.31. The zero-order valence-corrected chi connectivity index (χ0v) is 12.8. The second kappa shape index (κ2) is 7.13. The predicted molar refractivity (Wildman–Crippen MR) is 75.1 cm³/mol. The molecule has 0 heterocycles. The van der Waals surface area contributed by atoms with E-state index in [0.717, 1.165) is 15.4 Å². The Morgan fingerprint density at radius 2 is 2.06 bits per heavy atom. The predicted octanol–water partition coefficient (Wildman–Crippen LogP) is 3.06. The van der Waals surface area contributed by atoms with E-state index in [0.29, 0.717) is 18.7 Å². The van der Waals surface area contributed by atoms with Crippen LogP contribution in [-0.2, 0) is 0 Å². The van der Waals surface area contributed by atoms with Crippen LogP contribution in [0.15, 0.2) is 27.1 Å². The number of aliphatic hydroxyl groups excluding tert-OH is 1. The van der Waals surface area contributed by atoms with Gasteiger partial charge in [0.25, 0.3) is 5.91 Å². The quantitative estimate of drug-likeness (QED) is 0.872. The van der Waals surface area contributed by atoms with Crippen LogP contribution in [-0.4, -0.2) is 35.6 Å². The SMILES string of the molecule is CCCN(CCO)C(=O)c1cc(Br)ccc1Br. The lowest BCUT2D eigenvalue weighted by atomic mass is 10.2. The van der Waals surface area contributed by atoms with Gasteiger partial charge < -0.3 is 10.0 Å². The Balaban J connectivity index is 2.95. The molecule has 1 rings (SSSR count). The van der Waals surface area contributed by atoms with E-state index in [1.54, 1.807) is 11.0 Å². The van der Waals surface area contributed by atoms with Gasteiger partial charge in [-0.15, -0.1) is 0 Å². The number of carbonyl (C=O) groups excluding carboxylic acids is 1. The summed E-state index contributed by atoms with van der Waals surface area (Å²) in [5, 5.41) is 8.97. The number of carbonyl (C=O) groups is 1. The smallest absolute Gasteiger partial charge is 0.255 e. The Bertz CT molecular complexity index is 390. The average molecular weight is 365 g/mol. The summed E-state index contributed by atoms with van der Waals surface area (Å²) in [6.07, 6.45) is 0.872. The van der Waals surface area contributed by atoms with Crippen LogP contribution in [0.25, 0.3) is 0 Å². The first-order valence-electron chi connectivity index (χ1n) is 5.45. The maximum atomic E-state index is 12.3. The molecule has 0 saturated carbocycles. The average Bonchev–Trinajstić information content (AvgIpc) is 2.31. The highest BCUT2D eigenvalue weighted by Gasteiger charge is 2.17. The molecule has 0 aliphatic rings. The molecule has 17 heavy (non-hydrogen) atoms. The molecule has 3 nitrogen and oxygen atoms in total. The largest absolute Gasteiger partial charge is 0.395 e. The molecule has 0 fully saturated rings. The van der Waals surface area contributed by atoms with E-state index >= 15 is 0 Å². The monoisotopic (exact) mass is 363 g/mol. The van der Waals surface area contributed by atoms with Crippen LogP contribution in [0.5, 0.6) is 0 Å². The lowest BCUT2D eigenvalue weighted by Crippen LogP contribution is -2.34. The molecule has 0 atom stereocenters. The van der Waals surface area contributed by atoms with Crippen LogP contribution in [0.4, 0.5) is 0 Å². The first kappa shape index (κ1) is 14.7. The Morgan fingerprint density at radius 1 is 1.35 bits per heavy atom.